The van der Waals surface area contributed by atoms with Gasteiger partial charge in [-0.05, 0) is 54.0 Å². The largest absolute Gasteiger partial charge is 0.298 e. The van der Waals surface area contributed by atoms with Crippen LogP contribution in [-0.4, -0.2) is 16.9 Å². The Kier molecular flexibility index (Phi) is 8.99. The van der Waals surface area contributed by atoms with E-state index >= 15 is 0 Å². The smallest absolute Gasteiger partial charge is 0.150 e. The van der Waals surface area contributed by atoms with Crippen molar-refractivity contribution in [3.8, 4) is 11.1 Å². The molecule has 0 bridgehead atoms. The van der Waals surface area contributed by atoms with Gasteiger partial charge in [-0.1, -0.05) is 107 Å². The van der Waals surface area contributed by atoms with Gasteiger partial charge < -0.3 is 0 Å². The number of fused-ring (bicyclic) bond motifs is 3. The normalized spacial score (nSPS) is 13.9. The molecule has 156 valence electrons. The molecule has 1 nitrogen and oxygen atoms in total. The fraction of sp³-hybridized carbons (Fsp3) is 0.500. The number of benzene rings is 2. The predicted molar refractivity (Wildman–Crippen MR) is 132 cm³/mol. The maximum Gasteiger partial charge on any atom is 0.150 e. The SMILES string of the molecule is O=Cc1ccc2c(c1)C(CCCCCCBr)(CCCCCCBr)c1ccccc1-2. The van der Waals surface area contributed by atoms with Crippen molar-refractivity contribution in [1.29, 1.82) is 0 Å². The molecule has 0 aromatic heterocycles. The van der Waals surface area contributed by atoms with Gasteiger partial charge in [0.05, 0.1) is 0 Å². The number of aldehydes is 1. The molecule has 29 heavy (non-hydrogen) atoms. The Morgan fingerprint density at radius 3 is 1.90 bits per heavy atom. The van der Waals surface area contributed by atoms with Crippen LogP contribution < -0.4 is 0 Å². The van der Waals surface area contributed by atoms with Crippen molar-refractivity contribution in [2.24, 2.45) is 0 Å². The molecule has 0 amide bonds. The predicted octanol–water partition coefficient (Wildman–Crippen LogP) is 8.46. The molecular weight excluding hydrogens is 488 g/mol. The Morgan fingerprint density at radius 1 is 0.690 bits per heavy atom. The zero-order valence-corrected chi connectivity index (χ0v) is 20.4. The number of unbranched alkanes of at least 4 members (excludes halogenated alkanes) is 6. The van der Waals surface area contributed by atoms with Gasteiger partial charge in [0, 0.05) is 21.6 Å². The Balaban J connectivity index is 1.92. The Labute approximate surface area is 192 Å². The molecule has 0 unspecified atom stereocenters. The minimum atomic E-state index is 0.0632. The first-order chi connectivity index (χ1) is 14.3. The summed E-state index contributed by atoms with van der Waals surface area (Å²) < 4.78 is 0. The summed E-state index contributed by atoms with van der Waals surface area (Å²) in [5.41, 5.74) is 6.46. The topological polar surface area (TPSA) is 17.1 Å². The first-order valence-electron chi connectivity index (χ1n) is 11.1. The number of hydrogen-bond donors (Lipinski definition) is 0. The third-order valence-corrected chi connectivity index (χ3v) is 7.52. The van der Waals surface area contributed by atoms with Gasteiger partial charge in [0.25, 0.3) is 0 Å². The molecule has 1 aliphatic carbocycles. The van der Waals surface area contributed by atoms with Crippen molar-refractivity contribution >= 4 is 38.1 Å². The van der Waals surface area contributed by atoms with Gasteiger partial charge in [0.15, 0.2) is 0 Å². The molecule has 2 aromatic rings. The zero-order valence-electron chi connectivity index (χ0n) is 17.3. The third kappa shape index (κ3) is 5.22. The Morgan fingerprint density at radius 2 is 1.28 bits per heavy atom. The summed E-state index contributed by atoms with van der Waals surface area (Å²) in [7, 11) is 0. The van der Waals surface area contributed by atoms with Crippen LogP contribution in [0.4, 0.5) is 0 Å². The van der Waals surface area contributed by atoms with Gasteiger partial charge in [0.2, 0.25) is 0 Å². The summed E-state index contributed by atoms with van der Waals surface area (Å²) >= 11 is 7.11. The van der Waals surface area contributed by atoms with E-state index in [0.29, 0.717) is 0 Å². The quantitative estimate of drug-likeness (QED) is 0.147. The molecule has 3 heteroatoms. The van der Waals surface area contributed by atoms with Crippen molar-refractivity contribution in [3.63, 3.8) is 0 Å². The van der Waals surface area contributed by atoms with Gasteiger partial charge in [0.1, 0.15) is 6.29 Å². The van der Waals surface area contributed by atoms with Gasteiger partial charge in [-0.2, -0.15) is 0 Å². The van der Waals surface area contributed by atoms with Gasteiger partial charge in [-0.15, -0.1) is 0 Å². The maximum atomic E-state index is 11.5. The van der Waals surface area contributed by atoms with E-state index in [4.69, 9.17) is 0 Å². The summed E-state index contributed by atoms with van der Waals surface area (Å²) in [6, 6.07) is 15.3. The van der Waals surface area contributed by atoms with Crippen LogP contribution in [0, 0.1) is 0 Å². The summed E-state index contributed by atoms with van der Waals surface area (Å²) in [6.45, 7) is 0. The molecule has 0 radical (unpaired) electrons. The van der Waals surface area contributed by atoms with E-state index in [9.17, 15) is 4.79 Å². The van der Waals surface area contributed by atoms with E-state index in [2.05, 4.69) is 68.3 Å². The molecule has 0 spiro atoms. The van der Waals surface area contributed by atoms with Crippen LogP contribution in [0.15, 0.2) is 42.5 Å². The molecule has 0 fully saturated rings. The van der Waals surface area contributed by atoms with E-state index in [1.165, 1.54) is 86.5 Å². The molecule has 0 N–H and O–H groups in total. The molecule has 0 aliphatic heterocycles. The zero-order chi connectivity index (χ0) is 20.5. The second-order valence-electron chi connectivity index (χ2n) is 8.26. The molecule has 0 saturated heterocycles. The van der Waals surface area contributed by atoms with Crippen LogP contribution in [0.5, 0.6) is 0 Å². The average Bonchev–Trinajstić information content (AvgIpc) is 3.03. The number of rotatable bonds is 13. The lowest BCUT2D eigenvalue weighted by Gasteiger charge is -2.33. The maximum absolute atomic E-state index is 11.5. The highest BCUT2D eigenvalue weighted by Gasteiger charge is 2.42. The minimum Gasteiger partial charge on any atom is -0.298 e. The van der Waals surface area contributed by atoms with E-state index < -0.39 is 0 Å². The Hall–Kier alpha value is -0.930. The lowest BCUT2D eigenvalue weighted by molar-refractivity contribution is 0.112. The second kappa shape index (κ2) is 11.5. The van der Waals surface area contributed by atoms with Crippen LogP contribution in [0.3, 0.4) is 0 Å². The van der Waals surface area contributed by atoms with Crippen molar-refractivity contribution in [1.82, 2.24) is 0 Å². The van der Waals surface area contributed by atoms with Crippen LogP contribution in [-0.2, 0) is 5.41 Å². The molecule has 0 atom stereocenters. The summed E-state index contributed by atoms with van der Waals surface area (Å²) in [5.74, 6) is 0. The van der Waals surface area contributed by atoms with E-state index in [-0.39, 0.29) is 5.41 Å². The number of carbonyl (C=O) groups excluding carboxylic acids is 1. The first kappa shape index (κ1) is 22.7. The highest BCUT2D eigenvalue weighted by atomic mass is 79.9. The van der Waals surface area contributed by atoms with Crippen LogP contribution in [0.2, 0.25) is 0 Å². The fourth-order valence-corrected chi connectivity index (χ4v) is 5.75. The monoisotopic (exact) mass is 518 g/mol. The number of halogens is 2. The van der Waals surface area contributed by atoms with Crippen LogP contribution in [0.25, 0.3) is 11.1 Å². The summed E-state index contributed by atoms with van der Waals surface area (Å²) in [5, 5.41) is 2.19. The van der Waals surface area contributed by atoms with E-state index in [0.717, 1.165) is 22.5 Å². The highest BCUT2D eigenvalue weighted by Crippen LogP contribution is 2.54. The van der Waals surface area contributed by atoms with Crippen LogP contribution >= 0.6 is 31.9 Å². The van der Waals surface area contributed by atoms with Crippen LogP contribution in [0.1, 0.15) is 85.7 Å². The van der Waals surface area contributed by atoms with E-state index in [1.54, 1.807) is 0 Å². The standard InChI is InChI=1S/C26H32Br2O/c27-17-9-3-1-7-15-26(16-8-2-4-10-18-28)24-12-6-5-11-22(24)23-14-13-21(20-29)19-25(23)26/h5-6,11-14,19-20H,1-4,7-10,15-18H2. The highest BCUT2D eigenvalue weighted by molar-refractivity contribution is 9.09. The van der Waals surface area contributed by atoms with E-state index in [1.807, 2.05) is 6.07 Å². The number of carbonyl (C=O) groups is 1. The number of alkyl halides is 2. The molecule has 2 aromatic carbocycles. The van der Waals surface area contributed by atoms with Gasteiger partial charge in [-0.25, -0.2) is 0 Å². The minimum absolute atomic E-state index is 0.0632. The lowest BCUT2D eigenvalue weighted by atomic mass is 9.70. The number of hydrogen-bond acceptors (Lipinski definition) is 1. The lowest BCUT2D eigenvalue weighted by Crippen LogP contribution is -2.25. The summed E-state index contributed by atoms with van der Waals surface area (Å²) in [4.78, 5) is 11.5. The average molecular weight is 520 g/mol. The van der Waals surface area contributed by atoms with Crippen molar-refractivity contribution in [3.05, 3.63) is 59.2 Å². The first-order valence-corrected chi connectivity index (χ1v) is 13.3. The molecular formula is C26H32Br2O. The third-order valence-electron chi connectivity index (χ3n) is 6.40. The molecule has 1 aliphatic rings. The van der Waals surface area contributed by atoms with Crippen molar-refractivity contribution in [2.45, 2.75) is 69.6 Å². The van der Waals surface area contributed by atoms with Gasteiger partial charge >= 0.3 is 0 Å². The second-order valence-corrected chi connectivity index (χ2v) is 9.84. The summed E-state index contributed by atoms with van der Waals surface area (Å²) in [6.07, 6.45) is 13.5. The molecule has 0 saturated carbocycles. The Bertz CT molecular complexity index is 785. The van der Waals surface area contributed by atoms with Crippen molar-refractivity contribution in [2.75, 3.05) is 10.7 Å². The fourth-order valence-electron chi connectivity index (χ4n) is 4.96. The van der Waals surface area contributed by atoms with Crippen molar-refractivity contribution < 1.29 is 4.79 Å². The molecule has 0 heterocycles. The van der Waals surface area contributed by atoms with Gasteiger partial charge in [-0.3, -0.25) is 4.79 Å². The molecule has 3 rings (SSSR count).